The number of anilines is 2. The minimum atomic E-state index is 0.328. The van der Waals surface area contributed by atoms with Crippen molar-refractivity contribution in [2.45, 2.75) is 45.4 Å². The van der Waals surface area contributed by atoms with Gasteiger partial charge in [-0.25, -0.2) is 0 Å². The molecule has 2 unspecified atom stereocenters. The quantitative estimate of drug-likeness (QED) is 0.649. The van der Waals surface area contributed by atoms with E-state index in [9.17, 15) is 5.11 Å². The van der Waals surface area contributed by atoms with E-state index in [4.69, 9.17) is 11.6 Å². The van der Waals surface area contributed by atoms with E-state index in [2.05, 4.69) is 25.2 Å². The number of aromatic hydroxyl groups is 1. The highest BCUT2D eigenvalue weighted by molar-refractivity contribution is 6.30. The summed E-state index contributed by atoms with van der Waals surface area (Å²) in [6, 6.07) is 11.6. The molecule has 2 atom stereocenters. The third-order valence-corrected chi connectivity index (χ3v) is 5.35. The Labute approximate surface area is 143 Å². The number of aryl methyl sites for hydroxylation is 1. The molecular formula is C20H24ClNO. The van der Waals surface area contributed by atoms with Crippen molar-refractivity contribution < 1.29 is 5.11 Å². The van der Waals surface area contributed by atoms with Gasteiger partial charge in [-0.15, -0.1) is 0 Å². The highest BCUT2D eigenvalue weighted by Crippen LogP contribution is 2.43. The third-order valence-electron chi connectivity index (χ3n) is 5.10. The van der Waals surface area contributed by atoms with Crippen LogP contribution in [0.5, 0.6) is 5.75 Å². The highest BCUT2D eigenvalue weighted by Gasteiger charge is 2.28. The molecule has 0 amide bonds. The van der Waals surface area contributed by atoms with Gasteiger partial charge in [0.2, 0.25) is 0 Å². The number of phenolic OH excluding ortho intramolecular Hbond substituents is 1. The molecule has 0 bridgehead atoms. The van der Waals surface area contributed by atoms with Gasteiger partial charge in [0.1, 0.15) is 5.75 Å². The molecule has 0 heterocycles. The molecule has 0 aromatic heterocycles. The van der Waals surface area contributed by atoms with Gasteiger partial charge in [-0.05, 0) is 78.6 Å². The summed E-state index contributed by atoms with van der Waals surface area (Å²) in [5.74, 6) is 1.63. The van der Waals surface area contributed by atoms with E-state index >= 15 is 0 Å². The maximum absolute atomic E-state index is 10.5. The van der Waals surface area contributed by atoms with Crippen molar-refractivity contribution in [2.75, 3.05) is 5.32 Å². The maximum Gasteiger partial charge on any atom is 0.139 e. The second kappa shape index (κ2) is 6.84. The van der Waals surface area contributed by atoms with Crippen LogP contribution in [-0.2, 0) is 6.42 Å². The minimum absolute atomic E-state index is 0.328. The van der Waals surface area contributed by atoms with E-state index in [1.54, 1.807) is 0 Å². The number of phenols is 1. The fourth-order valence-corrected chi connectivity index (χ4v) is 3.96. The summed E-state index contributed by atoms with van der Waals surface area (Å²) in [5.41, 5.74) is 4.41. The van der Waals surface area contributed by atoms with Crippen molar-refractivity contribution in [3.63, 3.8) is 0 Å². The average Bonchev–Trinajstić information content (AvgIpc) is 2.56. The van der Waals surface area contributed by atoms with E-state index in [0.717, 1.165) is 30.1 Å². The van der Waals surface area contributed by atoms with Crippen LogP contribution >= 0.6 is 11.6 Å². The first-order valence-corrected chi connectivity index (χ1v) is 8.88. The predicted octanol–water partition coefficient (Wildman–Crippen LogP) is 6.26. The Bertz CT molecular complexity index is 681. The molecule has 3 rings (SSSR count). The van der Waals surface area contributed by atoms with Crippen molar-refractivity contribution in [2.24, 2.45) is 5.92 Å². The number of halogens is 1. The largest absolute Gasteiger partial charge is 0.506 e. The molecule has 23 heavy (non-hydrogen) atoms. The summed E-state index contributed by atoms with van der Waals surface area (Å²) in [4.78, 5) is 0. The van der Waals surface area contributed by atoms with Crippen molar-refractivity contribution in [3.8, 4) is 5.75 Å². The first-order chi connectivity index (χ1) is 11.1. The van der Waals surface area contributed by atoms with Crippen LogP contribution in [0, 0.1) is 5.92 Å². The van der Waals surface area contributed by atoms with Crippen LogP contribution in [0.25, 0.3) is 0 Å². The molecule has 0 radical (unpaired) electrons. The Morgan fingerprint density at radius 3 is 2.52 bits per heavy atom. The normalized spacial score (nSPS) is 20.1. The van der Waals surface area contributed by atoms with Crippen molar-refractivity contribution in [1.82, 2.24) is 0 Å². The summed E-state index contributed by atoms with van der Waals surface area (Å²) in [6.07, 6.45) is 4.69. The smallest absolute Gasteiger partial charge is 0.139 e. The third kappa shape index (κ3) is 3.32. The Morgan fingerprint density at radius 2 is 1.87 bits per heavy atom. The van der Waals surface area contributed by atoms with Gasteiger partial charge in [0, 0.05) is 10.7 Å². The fourth-order valence-electron chi connectivity index (χ4n) is 3.84. The Kier molecular flexibility index (Phi) is 4.82. The molecule has 2 nitrogen and oxygen atoms in total. The van der Waals surface area contributed by atoms with E-state index in [1.165, 1.54) is 24.0 Å². The van der Waals surface area contributed by atoms with Crippen LogP contribution in [0.1, 0.15) is 50.2 Å². The van der Waals surface area contributed by atoms with Crippen molar-refractivity contribution in [1.29, 1.82) is 0 Å². The second-order valence-electron chi connectivity index (χ2n) is 6.42. The lowest BCUT2D eigenvalue weighted by atomic mass is 9.72. The molecule has 2 aromatic carbocycles. The van der Waals surface area contributed by atoms with Gasteiger partial charge in [0.15, 0.2) is 0 Å². The highest BCUT2D eigenvalue weighted by atomic mass is 35.5. The Balaban J connectivity index is 1.91. The summed E-state index contributed by atoms with van der Waals surface area (Å²) < 4.78 is 0. The first kappa shape index (κ1) is 16.2. The van der Waals surface area contributed by atoms with Gasteiger partial charge in [-0.1, -0.05) is 31.9 Å². The van der Waals surface area contributed by atoms with Gasteiger partial charge in [0.25, 0.3) is 0 Å². The minimum Gasteiger partial charge on any atom is -0.506 e. The molecule has 1 aliphatic carbocycles. The number of rotatable bonds is 4. The zero-order valence-corrected chi connectivity index (χ0v) is 14.5. The van der Waals surface area contributed by atoms with Gasteiger partial charge in [-0.2, -0.15) is 0 Å². The standard InChI is InChI=1S/C20H24ClNO/c1-3-13-5-6-14-11-19(20(23)12-18(14)17(13)4-2)22-16-9-7-15(21)8-10-16/h7-13,17,22-23H,3-6H2,1-2H3. The molecule has 0 saturated carbocycles. The van der Waals surface area contributed by atoms with Crippen LogP contribution in [0.15, 0.2) is 36.4 Å². The van der Waals surface area contributed by atoms with E-state index in [0.29, 0.717) is 16.7 Å². The monoisotopic (exact) mass is 329 g/mol. The molecule has 122 valence electrons. The molecule has 0 fully saturated rings. The SMILES string of the molecule is CCC1CCc2cc(Nc3ccc(Cl)cc3)c(O)cc2C1CC. The van der Waals surface area contributed by atoms with Crippen molar-refractivity contribution >= 4 is 23.0 Å². The molecule has 0 saturated heterocycles. The van der Waals surface area contributed by atoms with Gasteiger partial charge >= 0.3 is 0 Å². The zero-order chi connectivity index (χ0) is 16.4. The summed E-state index contributed by atoms with van der Waals surface area (Å²) >= 11 is 5.92. The topological polar surface area (TPSA) is 32.3 Å². The fraction of sp³-hybridized carbons (Fsp3) is 0.400. The summed E-state index contributed by atoms with van der Waals surface area (Å²) in [5, 5.41) is 14.5. The molecule has 0 aliphatic heterocycles. The van der Waals surface area contributed by atoms with Gasteiger partial charge < -0.3 is 10.4 Å². The van der Waals surface area contributed by atoms with Crippen LogP contribution < -0.4 is 5.32 Å². The van der Waals surface area contributed by atoms with E-state index in [-0.39, 0.29) is 0 Å². The number of fused-ring (bicyclic) bond motifs is 1. The Hall–Kier alpha value is -1.67. The molecule has 2 aromatic rings. The van der Waals surface area contributed by atoms with Crippen LogP contribution in [0.4, 0.5) is 11.4 Å². The maximum atomic E-state index is 10.5. The first-order valence-electron chi connectivity index (χ1n) is 8.50. The molecule has 3 heteroatoms. The lowest BCUT2D eigenvalue weighted by molar-refractivity contribution is 0.351. The van der Waals surface area contributed by atoms with Crippen LogP contribution in [0.3, 0.4) is 0 Å². The predicted molar refractivity (Wildman–Crippen MR) is 98.0 cm³/mol. The van der Waals surface area contributed by atoms with Crippen LogP contribution in [-0.4, -0.2) is 5.11 Å². The van der Waals surface area contributed by atoms with Gasteiger partial charge in [-0.3, -0.25) is 0 Å². The average molecular weight is 330 g/mol. The van der Waals surface area contributed by atoms with Crippen molar-refractivity contribution in [3.05, 3.63) is 52.5 Å². The lowest BCUT2D eigenvalue weighted by Crippen LogP contribution is -2.20. The van der Waals surface area contributed by atoms with E-state index in [1.807, 2.05) is 30.3 Å². The zero-order valence-electron chi connectivity index (χ0n) is 13.8. The number of hydrogen-bond donors (Lipinski definition) is 2. The van der Waals surface area contributed by atoms with E-state index < -0.39 is 0 Å². The molecular weight excluding hydrogens is 306 g/mol. The number of nitrogens with one attached hydrogen (secondary N) is 1. The summed E-state index contributed by atoms with van der Waals surface area (Å²) in [6.45, 7) is 4.52. The Morgan fingerprint density at radius 1 is 1.13 bits per heavy atom. The molecule has 2 N–H and O–H groups in total. The number of hydrogen-bond acceptors (Lipinski definition) is 2. The molecule has 1 aliphatic rings. The van der Waals surface area contributed by atoms with Crippen LogP contribution in [0.2, 0.25) is 5.02 Å². The number of benzene rings is 2. The second-order valence-corrected chi connectivity index (χ2v) is 6.86. The van der Waals surface area contributed by atoms with Gasteiger partial charge in [0.05, 0.1) is 5.69 Å². The lowest BCUT2D eigenvalue weighted by Gasteiger charge is -2.33. The molecule has 0 spiro atoms. The summed E-state index contributed by atoms with van der Waals surface area (Å²) in [7, 11) is 0.